The van der Waals surface area contributed by atoms with Crippen molar-refractivity contribution >= 4 is 11.8 Å². The van der Waals surface area contributed by atoms with Gasteiger partial charge in [0.15, 0.2) is 5.60 Å². The summed E-state index contributed by atoms with van der Waals surface area (Å²) in [4.78, 5) is 23.9. The third-order valence-electron chi connectivity index (χ3n) is 4.46. The second-order valence-corrected chi connectivity index (χ2v) is 6.64. The van der Waals surface area contributed by atoms with Crippen molar-refractivity contribution in [1.82, 2.24) is 10.8 Å². The monoisotopic (exact) mass is 424 g/mol. The van der Waals surface area contributed by atoms with Gasteiger partial charge < -0.3 is 15.2 Å². The van der Waals surface area contributed by atoms with Gasteiger partial charge in [-0.15, -0.1) is 13.2 Å². The fourth-order valence-electron chi connectivity index (χ4n) is 2.61. The first-order chi connectivity index (χ1) is 14.3. The molecule has 1 aromatic rings. The molecule has 1 aliphatic heterocycles. The molecule has 1 saturated heterocycles. The Labute approximate surface area is 174 Å². The van der Waals surface area contributed by atoms with Gasteiger partial charge in [-0.2, -0.15) is 0 Å². The summed E-state index contributed by atoms with van der Waals surface area (Å²) in [6.45, 7) is 8.06. The third kappa shape index (κ3) is 6.91. The molecule has 0 spiro atoms. The average molecular weight is 424 g/mol. The first kappa shape index (κ1) is 25.2. The Morgan fingerprint density at radius 1 is 1.23 bits per heavy atom. The molecule has 2 rings (SSSR count). The van der Waals surface area contributed by atoms with Gasteiger partial charge in [0, 0.05) is 30.3 Å². The lowest BCUT2D eigenvalue weighted by molar-refractivity contribution is -0.149. The molecule has 1 fully saturated rings. The zero-order valence-electron chi connectivity index (χ0n) is 16.7. The van der Waals surface area contributed by atoms with E-state index in [1.807, 2.05) is 5.32 Å². The molecular weight excluding hydrogens is 398 g/mol. The smallest absolute Gasteiger partial charge is 0.269 e. The normalized spacial score (nSPS) is 16.7. The van der Waals surface area contributed by atoms with E-state index in [1.165, 1.54) is 17.6 Å². The minimum atomic E-state index is -3.34. The van der Waals surface area contributed by atoms with Crippen molar-refractivity contribution in [3.05, 3.63) is 48.6 Å². The molecule has 1 aliphatic rings. The summed E-state index contributed by atoms with van der Waals surface area (Å²) >= 11 is 0. The largest absolute Gasteiger partial charge is 0.381 e. The van der Waals surface area contributed by atoms with E-state index in [4.69, 9.17) is 9.94 Å². The Morgan fingerprint density at radius 2 is 1.80 bits per heavy atom. The molecule has 4 N–H and O–H groups in total. The molecule has 0 saturated carbocycles. The Hall–Kier alpha value is -2.80. The molecular formula is C21H26F2N2O5. The van der Waals surface area contributed by atoms with Gasteiger partial charge in [-0.05, 0) is 44.0 Å². The molecule has 0 aromatic heterocycles. The van der Waals surface area contributed by atoms with Crippen LogP contribution < -0.4 is 10.8 Å². The van der Waals surface area contributed by atoms with E-state index in [-0.39, 0.29) is 11.5 Å². The molecule has 2 atom stereocenters. The van der Waals surface area contributed by atoms with Crippen LogP contribution in [-0.2, 0) is 9.53 Å². The lowest BCUT2D eigenvalue weighted by Gasteiger charge is -2.30. The topological polar surface area (TPSA) is 108 Å². The molecule has 7 nitrogen and oxygen atoms in total. The number of carbonyl (C=O) groups is 2. The minimum absolute atomic E-state index is 0.0809. The number of halogens is 2. The van der Waals surface area contributed by atoms with Crippen LogP contribution in [0, 0.1) is 17.8 Å². The number of hydrogen-bond acceptors (Lipinski definition) is 5. The summed E-state index contributed by atoms with van der Waals surface area (Å²) in [5.74, 6) is 4.19. The van der Waals surface area contributed by atoms with Crippen LogP contribution in [0.2, 0.25) is 0 Å². The first-order valence-electron chi connectivity index (χ1n) is 9.20. The zero-order chi connectivity index (χ0) is 22.7. The van der Waals surface area contributed by atoms with Crippen molar-refractivity contribution in [2.24, 2.45) is 5.92 Å². The summed E-state index contributed by atoms with van der Waals surface area (Å²) in [5.41, 5.74) is -0.957. The molecule has 1 aromatic carbocycles. The summed E-state index contributed by atoms with van der Waals surface area (Å²) in [6, 6.07) is 3.97. The number of amides is 2. The first-order valence-corrected chi connectivity index (χ1v) is 9.20. The van der Waals surface area contributed by atoms with Gasteiger partial charge in [0.05, 0.1) is 0 Å². The van der Waals surface area contributed by atoms with Gasteiger partial charge in [0.2, 0.25) is 0 Å². The van der Waals surface area contributed by atoms with E-state index in [0.717, 1.165) is 12.8 Å². The predicted octanol–water partition coefficient (Wildman–Crippen LogP) is 1.89. The number of alkyl halides is 2. The maximum absolute atomic E-state index is 13.0. The fraction of sp³-hybridized carbons (Fsp3) is 0.429. The van der Waals surface area contributed by atoms with Crippen molar-refractivity contribution in [3.63, 3.8) is 0 Å². The van der Waals surface area contributed by atoms with Crippen molar-refractivity contribution in [2.45, 2.75) is 37.8 Å². The van der Waals surface area contributed by atoms with Crippen LogP contribution in [0.3, 0.4) is 0 Å². The summed E-state index contributed by atoms with van der Waals surface area (Å²) < 4.78 is 31.3. The van der Waals surface area contributed by atoms with Crippen LogP contribution >= 0.6 is 0 Å². The quantitative estimate of drug-likeness (QED) is 0.250. The molecule has 0 aliphatic carbocycles. The van der Waals surface area contributed by atoms with Crippen LogP contribution in [0.1, 0.15) is 35.7 Å². The highest BCUT2D eigenvalue weighted by molar-refractivity contribution is 5.97. The van der Waals surface area contributed by atoms with Gasteiger partial charge in [-0.25, -0.2) is 14.3 Å². The maximum atomic E-state index is 13.0. The summed E-state index contributed by atoms with van der Waals surface area (Å²) in [6.07, 6.45) is -1.60. The van der Waals surface area contributed by atoms with Crippen LogP contribution in [0.25, 0.3) is 0 Å². The van der Waals surface area contributed by atoms with Gasteiger partial charge in [-0.1, -0.05) is 11.8 Å². The molecule has 30 heavy (non-hydrogen) atoms. The highest BCUT2D eigenvalue weighted by Gasteiger charge is 2.46. The zero-order valence-corrected chi connectivity index (χ0v) is 16.7. The van der Waals surface area contributed by atoms with E-state index < -0.39 is 29.9 Å². The molecule has 0 radical (unpaired) electrons. The number of rotatable bonds is 5. The molecule has 0 bridgehead atoms. The Kier molecular flexibility index (Phi) is 10.1. The van der Waals surface area contributed by atoms with Crippen LogP contribution in [0.15, 0.2) is 37.4 Å². The van der Waals surface area contributed by atoms with Gasteiger partial charge >= 0.3 is 0 Å². The lowest BCUT2D eigenvalue weighted by atomic mass is 9.95. The number of hydrogen-bond donors (Lipinski definition) is 4. The lowest BCUT2D eigenvalue weighted by Crippen LogP contribution is -2.61. The van der Waals surface area contributed by atoms with E-state index in [0.29, 0.717) is 25.7 Å². The van der Waals surface area contributed by atoms with Crippen LogP contribution in [0.4, 0.5) is 8.78 Å². The molecule has 2 amide bonds. The van der Waals surface area contributed by atoms with E-state index in [9.17, 15) is 23.5 Å². The SMILES string of the molecule is C=C.C[C@@](O)(C(F)F)[C@H](NC(=O)c1ccc(C#CC2CCOCC2)cc1)C(=O)NO. The number of aliphatic hydroxyl groups is 1. The van der Waals surface area contributed by atoms with Gasteiger partial charge in [0.1, 0.15) is 6.04 Å². The summed E-state index contributed by atoms with van der Waals surface area (Å²) in [7, 11) is 0. The van der Waals surface area contributed by atoms with Crippen molar-refractivity contribution in [2.75, 3.05) is 13.2 Å². The Morgan fingerprint density at radius 3 is 2.30 bits per heavy atom. The Bertz CT molecular complexity index is 766. The van der Waals surface area contributed by atoms with Crippen molar-refractivity contribution in [3.8, 4) is 11.8 Å². The van der Waals surface area contributed by atoms with E-state index >= 15 is 0 Å². The van der Waals surface area contributed by atoms with Gasteiger partial charge in [-0.3, -0.25) is 14.8 Å². The molecule has 0 unspecified atom stereocenters. The van der Waals surface area contributed by atoms with E-state index in [1.54, 1.807) is 12.1 Å². The number of ether oxygens (including phenoxy) is 1. The second kappa shape index (κ2) is 12.0. The van der Waals surface area contributed by atoms with Crippen molar-refractivity contribution < 1.29 is 33.4 Å². The highest BCUT2D eigenvalue weighted by Crippen LogP contribution is 2.20. The fourth-order valence-corrected chi connectivity index (χ4v) is 2.61. The standard InChI is InChI=1S/C19H22F2N2O5.C2H4/c1-19(26,18(20)21)15(17(25)23-27)22-16(24)14-6-4-12(5-7-14)2-3-13-8-10-28-11-9-13;1-2/h4-7,13,15,18,26-27H,8-11H2,1H3,(H,22,24)(H,23,25);1-2H2/t15-,19+;/m1./s1. The second-order valence-electron chi connectivity index (χ2n) is 6.64. The minimum Gasteiger partial charge on any atom is -0.381 e. The highest BCUT2D eigenvalue weighted by atomic mass is 19.3. The number of hydroxylamine groups is 1. The van der Waals surface area contributed by atoms with Crippen molar-refractivity contribution in [1.29, 1.82) is 0 Å². The number of benzene rings is 1. The molecule has 9 heteroatoms. The molecule has 164 valence electrons. The third-order valence-corrected chi connectivity index (χ3v) is 4.46. The number of carbonyl (C=O) groups excluding carboxylic acids is 2. The maximum Gasteiger partial charge on any atom is 0.269 e. The van der Waals surface area contributed by atoms with Crippen LogP contribution in [0.5, 0.6) is 0 Å². The van der Waals surface area contributed by atoms with E-state index in [2.05, 4.69) is 25.0 Å². The Balaban J connectivity index is 0.00000218. The van der Waals surface area contributed by atoms with Gasteiger partial charge in [0.25, 0.3) is 18.2 Å². The molecule has 1 heterocycles. The van der Waals surface area contributed by atoms with Crippen LogP contribution in [-0.4, -0.2) is 53.4 Å². The summed E-state index contributed by atoms with van der Waals surface area (Å²) in [5, 5.41) is 20.5. The predicted molar refractivity (Wildman–Crippen MR) is 106 cm³/mol. The average Bonchev–Trinajstić information content (AvgIpc) is 2.77. The number of nitrogens with one attached hydrogen (secondary N) is 2.